The molecule has 0 aliphatic heterocycles. The molecule has 0 unspecified atom stereocenters. The zero-order valence-electron chi connectivity index (χ0n) is 10.3. The van der Waals surface area contributed by atoms with Gasteiger partial charge in [-0.1, -0.05) is 11.6 Å². The Morgan fingerprint density at radius 1 is 1.32 bits per heavy atom. The van der Waals surface area contributed by atoms with Crippen LogP contribution >= 0.6 is 11.6 Å². The highest BCUT2D eigenvalue weighted by Crippen LogP contribution is 2.20. The molecule has 1 amide bonds. The molecule has 0 radical (unpaired) electrons. The summed E-state index contributed by atoms with van der Waals surface area (Å²) in [5, 5.41) is 10.6. The summed E-state index contributed by atoms with van der Waals surface area (Å²) in [7, 11) is 0. The molecule has 0 aliphatic carbocycles. The summed E-state index contributed by atoms with van der Waals surface area (Å²) in [5.41, 5.74) is -1.62. The van der Waals surface area contributed by atoms with E-state index in [-0.39, 0.29) is 6.42 Å². The van der Waals surface area contributed by atoms with E-state index in [4.69, 9.17) is 16.7 Å². The van der Waals surface area contributed by atoms with Crippen LogP contribution in [-0.4, -0.2) is 22.5 Å². The summed E-state index contributed by atoms with van der Waals surface area (Å²) >= 11 is 5.37. The minimum absolute atomic E-state index is 0.351. The van der Waals surface area contributed by atoms with Gasteiger partial charge in [-0.15, -0.1) is 0 Å². The maximum Gasteiger partial charge on any atom is 0.305 e. The number of aliphatic carboxylic acids is 1. The van der Waals surface area contributed by atoms with E-state index in [1.165, 1.54) is 13.8 Å². The van der Waals surface area contributed by atoms with Gasteiger partial charge < -0.3 is 10.4 Å². The van der Waals surface area contributed by atoms with E-state index in [1.54, 1.807) is 0 Å². The minimum atomic E-state index is -1.12. The van der Waals surface area contributed by atoms with E-state index in [0.29, 0.717) is 12.1 Å². The van der Waals surface area contributed by atoms with Crippen LogP contribution in [0.15, 0.2) is 12.1 Å². The number of halogens is 3. The highest BCUT2D eigenvalue weighted by atomic mass is 35.5. The van der Waals surface area contributed by atoms with E-state index in [9.17, 15) is 18.4 Å². The van der Waals surface area contributed by atoms with Gasteiger partial charge in [0.2, 0.25) is 0 Å². The lowest BCUT2D eigenvalue weighted by Gasteiger charge is -2.24. The number of carboxylic acid groups (broad SMARTS) is 1. The first-order valence-corrected chi connectivity index (χ1v) is 5.69. The molecule has 19 heavy (non-hydrogen) atoms. The van der Waals surface area contributed by atoms with Crippen molar-refractivity contribution in [3.63, 3.8) is 0 Å². The maximum absolute atomic E-state index is 13.5. The first-order valence-electron chi connectivity index (χ1n) is 5.31. The molecular weight excluding hydrogens is 280 g/mol. The largest absolute Gasteiger partial charge is 0.481 e. The van der Waals surface area contributed by atoms with Crippen molar-refractivity contribution >= 4 is 23.5 Å². The van der Waals surface area contributed by atoms with Gasteiger partial charge in [0.1, 0.15) is 11.6 Å². The van der Waals surface area contributed by atoms with Crippen molar-refractivity contribution in [1.29, 1.82) is 0 Å². The molecule has 7 heteroatoms. The Morgan fingerprint density at radius 2 is 1.89 bits per heavy atom. The molecule has 104 valence electrons. The molecule has 0 spiro atoms. The SMILES string of the molecule is CC(C)(CC(=O)O)NC(=O)c1cc(F)c(Cl)cc1F. The Kier molecular flexibility index (Phi) is 4.47. The predicted octanol–water partition coefficient (Wildman–Crippen LogP) is 2.60. The fourth-order valence-corrected chi connectivity index (χ4v) is 1.64. The molecule has 0 aliphatic rings. The third-order valence-electron chi connectivity index (χ3n) is 2.30. The fourth-order valence-electron chi connectivity index (χ4n) is 1.49. The van der Waals surface area contributed by atoms with Crippen LogP contribution in [0.1, 0.15) is 30.6 Å². The summed E-state index contributed by atoms with van der Waals surface area (Å²) in [6, 6.07) is 1.36. The van der Waals surface area contributed by atoms with Gasteiger partial charge >= 0.3 is 5.97 Å². The molecule has 1 rings (SSSR count). The average molecular weight is 292 g/mol. The Labute approximate surface area is 113 Å². The molecule has 0 bridgehead atoms. The van der Waals surface area contributed by atoms with E-state index >= 15 is 0 Å². The van der Waals surface area contributed by atoms with Gasteiger partial charge in [-0.25, -0.2) is 8.78 Å². The van der Waals surface area contributed by atoms with Crippen LogP contribution in [0.3, 0.4) is 0 Å². The summed E-state index contributed by atoms with van der Waals surface area (Å²) < 4.78 is 26.7. The van der Waals surface area contributed by atoms with Crippen molar-refractivity contribution in [2.45, 2.75) is 25.8 Å². The van der Waals surface area contributed by atoms with Crippen LogP contribution in [0, 0.1) is 11.6 Å². The Morgan fingerprint density at radius 3 is 2.42 bits per heavy atom. The van der Waals surface area contributed by atoms with Crippen LogP contribution in [0.25, 0.3) is 0 Å². The molecule has 1 aromatic carbocycles. The van der Waals surface area contributed by atoms with Crippen molar-refractivity contribution in [1.82, 2.24) is 5.32 Å². The smallest absolute Gasteiger partial charge is 0.305 e. The second-order valence-electron chi connectivity index (χ2n) is 4.65. The number of carboxylic acids is 1. The van der Waals surface area contributed by atoms with Crippen LogP contribution < -0.4 is 5.32 Å². The molecule has 1 aromatic rings. The number of benzene rings is 1. The van der Waals surface area contributed by atoms with E-state index in [0.717, 1.165) is 0 Å². The van der Waals surface area contributed by atoms with E-state index < -0.39 is 39.6 Å². The second-order valence-corrected chi connectivity index (χ2v) is 5.06. The first-order chi connectivity index (χ1) is 8.62. The van der Waals surface area contributed by atoms with Crippen molar-refractivity contribution in [2.75, 3.05) is 0 Å². The molecule has 0 fully saturated rings. The minimum Gasteiger partial charge on any atom is -0.481 e. The standard InChI is InChI=1S/C12H12ClF2NO3/c1-12(2,5-10(17)18)16-11(19)6-3-9(15)7(13)4-8(6)14/h3-4H,5H2,1-2H3,(H,16,19)(H,17,18). The van der Waals surface area contributed by atoms with Crippen molar-refractivity contribution in [3.8, 4) is 0 Å². The highest BCUT2D eigenvalue weighted by molar-refractivity contribution is 6.30. The number of hydrogen-bond acceptors (Lipinski definition) is 2. The Bertz CT molecular complexity index is 532. The summed E-state index contributed by atoms with van der Waals surface area (Å²) in [6.45, 7) is 2.92. The van der Waals surface area contributed by atoms with E-state index in [1.807, 2.05) is 0 Å². The first kappa shape index (κ1) is 15.4. The van der Waals surface area contributed by atoms with Crippen molar-refractivity contribution in [3.05, 3.63) is 34.4 Å². The number of amides is 1. The third kappa shape index (κ3) is 4.17. The van der Waals surface area contributed by atoms with Gasteiger partial charge in [-0.2, -0.15) is 0 Å². The monoisotopic (exact) mass is 291 g/mol. The van der Waals surface area contributed by atoms with Gasteiger partial charge in [0, 0.05) is 5.54 Å². The topological polar surface area (TPSA) is 66.4 Å². The van der Waals surface area contributed by atoms with Crippen LogP contribution in [0.5, 0.6) is 0 Å². The normalized spacial score (nSPS) is 11.2. The molecule has 0 saturated carbocycles. The third-order valence-corrected chi connectivity index (χ3v) is 2.59. The molecule has 0 saturated heterocycles. The molecule has 2 N–H and O–H groups in total. The number of carbonyl (C=O) groups excluding carboxylic acids is 1. The molecule has 0 heterocycles. The van der Waals surface area contributed by atoms with Crippen molar-refractivity contribution in [2.24, 2.45) is 0 Å². The van der Waals surface area contributed by atoms with Crippen LogP contribution in [0.2, 0.25) is 5.02 Å². The Hall–Kier alpha value is -1.69. The zero-order chi connectivity index (χ0) is 14.8. The lowest BCUT2D eigenvalue weighted by Crippen LogP contribution is -2.45. The van der Waals surface area contributed by atoms with Gasteiger partial charge in [0.25, 0.3) is 5.91 Å². The maximum atomic E-state index is 13.5. The van der Waals surface area contributed by atoms with Gasteiger partial charge in [-0.05, 0) is 26.0 Å². The fraction of sp³-hybridized carbons (Fsp3) is 0.333. The highest BCUT2D eigenvalue weighted by Gasteiger charge is 2.26. The lowest BCUT2D eigenvalue weighted by atomic mass is 10.00. The summed E-state index contributed by atoms with van der Waals surface area (Å²) in [4.78, 5) is 22.4. The van der Waals surface area contributed by atoms with Gasteiger partial charge in [0.15, 0.2) is 0 Å². The average Bonchev–Trinajstić information content (AvgIpc) is 2.20. The number of carbonyl (C=O) groups is 2. The lowest BCUT2D eigenvalue weighted by molar-refractivity contribution is -0.138. The zero-order valence-corrected chi connectivity index (χ0v) is 11.0. The number of hydrogen-bond donors (Lipinski definition) is 2. The van der Waals surface area contributed by atoms with Gasteiger partial charge in [-0.3, -0.25) is 9.59 Å². The molecular formula is C12H12ClF2NO3. The molecule has 4 nitrogen and oxygen atoms in total. The molecule has 0 aromatic heterocycles. The van der Waals surface area contributed by atoms with E-state index in [2.05, 4.69) is 5.32 Å². The van der Waals surface area contributed by atoms with Crippen LogP contribution in [0.4, 0.5) is 8.78 Å². The van der Waals surface area contributed by atoms with Crippen LogP contribution in [-0.2, 0) is 4.79 Å². The number of nitrogens with one attached hydrogen (secondary N) is 1. The Balaban J connectivity index is 2.96. The number of rotatable bonds is 4. The second kappa shape index (κ2) is 5.52. The van der Waals surface area contributed by atoms with Gasteiger partial charge in [0.05, 0.1) is 17.0 Å². The quantitative estimate of drug-likeness (QED) is 0.838. The van der Waals surface area contributed by atoms with Crippen molar-refractivity contribution < 1.29 is 23.5 Å². The summed E-state index contributed by atoms with van der Waals surface area (Å²) in [5.74, 6) is -3.92. The molecule has 0 atom stereocenters. The predicted molar refractivity (Wildman–Crippen MR) is 65.2 cm³/mol. The summed E-state index contributed by atoms with van der Waals surface area (Å²) in [6.07, 6.45) is -0.351.